The number of carbonyl (C=O) groups excluding carboxylic acids is 1. The normalized spacial score (nSPS) is 20.1. The van der Waals surface area contributed by atoms with Crippen LogP contribution in [0.1, 0.15) is 32.3 Å². The molecule has 1 saturated heterocycles. The molecule has 120 valence electrons. The third-order valence-electron chi connectivity index (χ3n) is 4.12. The van der Waals surface area contributed by atoms with Crippen LogP contribution in [0.3, 0.4) is 0 Å². The summed E-state index contributed by atoms with van der Waals surface area (Å²) in [5.41, 5.74) is 6.96. The summed E-state index contributed by atoms with van der Waals surface area (Å²) in [6, 6.07) is 7.89. The van der Waals surface area contributed by atoms with Crippen molar-refractivity contribution in [3.63, 3.8) is 0 Å². The van der Waals surface area contributed by atoms with Crippen molar-refractivity contribution >= 4 is 12.0 Å². The lowest BCUT2D eigenvalue weighted by Gasteiger charge is -2.34. The minimum atomic E-state index is 0.0687. The maximum atomic E-state index is 12.3. The van der Waals surface area contributed by atoms with Crippen LogP contribution in [-0.2, 0) is 4.79 Å². The van der Waals surface area contributed by atoms with Gasteiger partial charge in [0.25, 0.3) is 0 Å². The molecule has 1 aliphatic heterocycles. The average molecular weight is 302 g/mol. The van der Waals surface area contributed by atoms with Crippen molar-refractivity contribution in [1.29, 1.82) is 0 Å². The second-order valence-electron chi connectivity index (χ2n) is 5.88. The van der Waals surface area contributed by atoms with E-state index in [1.807, 2.05) is 49.1 Å². The fourth-order valence-electron chi connectivity index (χ4n) is 2.75. The first-order chi connectivity index (χ1) is 10.6. The number of nitrogens with zero attached hydrogens (tertiary/aromatic N) is 1. The maximum Gasteiger partial charge on any atom is 0.246 e. The first-order valence-electron chi connectivity index (χ1n) is 8.05. The monoisotopic (exact) mass is 302 g/mol. The van der Waals surface area contributed by atoms with Crippen molar-refractivity contribution in [2.75, 3.05) is 19.7 Å². The molecule has 1 aliphatic rings. The Labute approximate surface area is 132 Å². The Kier molecular flexibility index (Phi) is 6.01. The van der Waals surface area contributed by atoms with E-state index >= 15 is 0 Å². The lowest BCUT2D eigenvalue weighted by Crippen LogP contribution is -2.44. The molecule has 1 fully saturated rings. The summed E-state index contributed by atoms with van der Waals surface area (Å²) in [7, 11) is 0. The van der Waals surface area contributed by atoms with Gasteiger partial charge in [-0.1, -0.05) is 12.1 Å². The zero-order valence-corrected chi connectivity index (χ0v) is 13.5. The van der Waals surface area contributed by atoms with Crippen LogP contribution in [0.5, 0.6) is 5.75 Å². The molecule has 4 nitrogen and oxygen atoms in total. The van der Waals surface area contributed by atoms with Gasteiger partial charge >= 0.3 is 0 Å². The van der Waals surface area contributed by atoms with Gasteiger partial charge < -0.3 is 15.4 Å². The Morgan fingerprint density at radius 1 is 1.45 bits per heavy atom. The van der Waals surface area contributed by atoms with E-state index in [1.54, 1.807) is 6.08 Å². The summed E-state index contributed by atoms with van der Waals surface area (Å²) >= 11 is 0. The van der Waals surface area contributed by atoms with Crippen molar-refractivity contribution in [1.82, 2.24) is 4.90 Å². The molecule has 1 amide bonds. The highest BCUT2D eigenvalue weighted by atomic mass is 16.5. The van der Waals surface area contributed by atoms with E-state index in [9.17, 15) is 4.79 Å². The molecular weight excluding hydrogens is 276 g/mol. The molecule has 2 rings (SSSR count). The summed E-state index contributed by atoms with van der Waals surface area (Å²) in [5, 5.41) is 0. The zero-order valence-electron chi connectivity index (χ0n) is 13.5. The Hall–Kier alpha value is -1.81. The van der Waals surface area contributed by atoms with Crippen molar-refractivity contribution in [2.45, 2.75) is 32.7 Å². The number of carbonyl (C=O) groups is 1. The quantitative estimate of drug-likeness (QED) is 0.851. The van der Waals surface area contributed by atoms with Gasteiger partial charge in [-0.25, -0.2) is 0 Å². The van der Waals surface area contributed by atoms with Crippen molar-refractivity contribution in [3.05, 3.63) is 35.9 Å². The second-order valence-corrected chi connectivity index (χ2v) is 5.88. The van der Waals surface area contributed by atoms with Crippen LogP contribution in [0.4, 0.5) is 0 Å². The van der Waals surface area contributed by atoms with Gasteiger partial charge in [-0.2, -0.15) is 0 Å². The predicted molar refractivity (Wildman–Crippen MR) is 89.6 cm³/mol. The summed E-state index contributed by atoms with van der Waals surface area (Å²) in [4.78, 5) is 14.2. The maximum absolute atomic E-state index is 12.3. The Balaban J connectivity index is 1.92. The van der Waals surface area contributed by atoms with Gasteiger partial charge in [0.15, 0.2) is 0 Å². The Morgan fingerprint density at radius 3 is 2.82 bits per heavy atom. The van der Waals surface area contributed by atoms with Crippen molar-refractivity contribution < 1.29 is 9.53 Å². The molecule has 0 saturated carbocycles. The van der Waals surface area contributed by atoms with Gasteiger partial charge in [-0.3, -0.25) is 4.79 Å². The van der Waals surface area contributed by atoms with Crippen LogP contribution in [0.2, 0.25) is 0 Å². The Bertz CT molecular complexity index is 508. The molecular formula is C18H26N2O2. The highest BCUT2D eigenvalue weighted by molar-refractivity contribution is 5.91. The van der Waals surface area contributed by atoms with E-state index in [0.717, 1.165) is 37.2 Å². The van der Waals surface area contributed by atoms with Gasteiger partial charge in [0.2, 0.25) is 5.91 Å². The number of hydrogen-bond acceptors (Lipinski definition) is 3. The minimum Gasteiger partial charge on any atom is -0.494 e. The van der Waals surface area contributed by atoms with E-state index < -0.39 is 0 Å². The summed E-state index contributed by atoms with van der Waals surface area (Å²) in [6.07, 6.45) is 5.66. The fourth-order valence-corrected chi connectivity index (χ4v) is 2.75. The topological polar surface area (TPSA) is 55.6 Å². The van der Waals surface area contributed by atoms with Gasteiger partial charge in [-0.15, -0.1) is 0 Å². The van der Waals surface area contributed by atoms with Gasteiger partial charge in [-0.05, 0) is 56.4 Å². The van der Waals surface area contributed by atoms with Crippen LogP contribution in [0.25, 0.3) is 6.08 Å². The third-order valence-corrected chi connectivity index (χ3v) is 4.12. The molecule has 1 aromatic rings. The fraction of sp³-hybridized carbons (Fsp3) is 0.500. The zero-order chi connectivity index (χ0) is 15.9. The van der Waals surface area contributed by atoms with Crippen LogP contribution in [0, 0.1) is 5.92 Å². The minimum absolute atomic E-state index is 0.0687. The number of piperidine rings is 1. The van der Waals surface area contributed by atoms with E-state index in [1.165, 1.54) is 0 Å². The second kappa shape index (κ2) is 7.99. The number of benzene rings is 1. The first-order valence-corrected chi connectivity index (χ1v) is 8.05. The van der Waals surface area contributed by atoms with Gasteiger partial charge in [0, 0.05) is 25.2 Å². The standard InChI is InChI=1S/C18H26N2O2/c1-3-22-17-9-6-15(7-10-17)8-11-18(21)20-12-4-5-16(13-20)14(2)19/h6-11,14,16H,3-5,12-13,19H2,1-2H3. The van der Waals surface area contributed by atoms with Gasteiger partial charge in [0.05, 0.1) is 6.61 Å². The molecule has 0 spiro atoms. The predicted octanol–water partition coefficient (Wildman–Crippen LogP) is 2.68. The van der Waals surface area contributed by atoms with E-state index in [4.69, 9.17) is 10.5 Å². The number of nitrogens with two attached hydrogens (primary N) is 1. The van der Waals surface area contributed by atoms with Crippen LogP contribution >= 0.6 is 0 Å². The number of ether oxygens (including phenoxy) is 1. The lowest BCUT2D eigenvalue weighted by molar-refractivity contribution is -0.127. The van der Waals surface area contributed by atoms with Crippen molar-refractivity contribution in [2.24, 2.45) is 11.7 Å². The molecule has 0 bridgehead atoms. The smallest absolute Gasteiger partial charge is 0.246 e. The number of amides is 1. The van der Waals surface area contributed by atoms with Crippen molar-refractivity contribution in [3.8, 4) is 5.75 Å². The van der Waals surface area contributed by atoms with E-state index in [-0.39, 0.29) is 11.9 Å². The summed E-state index contributed by atoms with van der Waals surface area (Å²) in [6.45, 7) is 6.23. The van der Waals surface area contributed by atoms with Crippen LogP contribution in [-0.4, -0.2) is 36.5 Å². The number of likely N-dealkylation sites (tertiary alicyclic amines) is 1. The number of hydrogen-bond donors (Lipinski definition) is 1. The highest BCUT2D eigenvalue weighted by Crippen LogP contribution is 2.19. The molecule has 0 radical (unpaired) electrons. The summed E-state index contributed by atoms with van der Waals surface area (Å²) < 4.78 is 5.40. The number of rotatable bonds is 5. The average Bonchev–Trinajstić information content (AvgIpc) is 2.54. The Morgan fingerprint density at radius 2 is 2.18 bits per heavy atom. The molecule has 1 aromatic carbocycles. The molecule has 0 aliphatic carbocycles. The van der Waals surface area contributed by atoms with E-state index in [2.05, 4.69) is 0 Å². The molecule has 4 heteroatoms. The lowest BCUT2D eigenvalue weighted by atomic mass is 9.92. The largest absolute Gasteiger partial charge is 0.494 e. The van der Waals surface area contributed by atoms with E-state index in [0.29, 0.717) is 12.5 Å². The molecule has 22 heavy (non-hydrogen) atoms. The SMILES string of the molecule is CCOc1ccc(C=CC(=O)N2CCCC(C(C)N)C2)cc1. The molecule has 2 unspecified atom stereocenters. The molecule has 2 atom stereocenters. The third kappa shape index (κ3) is 4.60. The molecule has 2 N–H and O–H groups in total. The van der Waals surface area contributed by atoms with Crippen LogP contribution < -0.4 is 10.5 Å². The summed E-state index contributed by atoms with van der Waals surface area (Å²) in [5.74, 6) is 1.33. The first kappa shape index (κ1) is 16.6. The molecule has 0 aromatic heterocycles. The molecule has 1 heterocycles. The van der Waals surface area contributed by atoms with Crippen LogP contribution in [0.15, 0.2) is 30.3 Å². The van der Waals surface area contributed by atoms with Gasteiger partial charge in [0.1, 0.15) is 5.75 Å². The highest BCUT2D eigenvalue weighted by Gasteiger charge is 2.24.